The minimum atomic E-state index is -0.359. The molecule has 4 rings (SSSR count). The minimum Gasteiger partial charge on any atom is -0.496 e. The van der Waals surface area contributed by atoms with Crippen molar-refractivity contribution in [3.8, 4) is 17.1 Å². The van der Waals surface area contributed by atoms with E-state index in [-0.39, 0.29) is 16.7 Å². The Bertz CT molecular complexity index is 1150. The van der Waals surface area contributed by atoms with Gasteiger partial charge in [-0.1, -0.05) is 12.1 Å². The highest BCUT2D eigenvalue weighted by molar-refractivity contribution is 7.71. The smallest absolute Gasteiger partial charge is 0.269 e. The Morgan fingerprint density at radius 2 is 2.07 bits per heavy atom. The third-order valence-electron chi connectivity index (χ3n) is 5.31. The molecule has 0 unspecified atom stereocenters. The van der Waals surface area contributed by atoms with E-state index in [2.05, 4.69) is 11.8 Å². The van der Waals surface area contributed by atoms with Crippen molar-refractivity contribution in [2.75, 3.05) is 12.0 Å². The summed E-state index contributed by atoms with van der Waals surface area (Å²) in [6.45, 7) is 2.56. The van der Waals surface area contributed by atoms with Crippen molar-refractivity contribution in [2.24, 2.45) is 7.05 Å². The van der Waals surface area contributed by atoms with Gasteiger partial charge in [-0.2, -0.15) is 0 Å². The summed E-state index contributed by atoms with van der Waals surface area (Å²) in [5.74, 6) is 1.46. The molecule has 0 amide bonds. The van der Waals surface area contributed by atoms with Crippen LogP contribution in [0.2, 0.25) is 0 Å². The van der Waals surface area contributed by atoms with Crippen molar-refractivity contribution < 1.29 is 9.66 Å². The molecule has 1 aliphatic rings. The van der Waals surface area contributed by atoms with Crippen molar-refractivity contribution in [1.29, 1.82) is 0 Å². The van der Waals surface area contributed by atoms with Crippen LogP contribution in [0.3, 0.4) is 0 Å². The van der Waals surface area contributed by atoms with E-state index in [0.717, 1.165) is 34.8 Å². The Morgan fingerprint density at radius 1 is 1.31 bits per heavy atom. The number of hydrogen-bond donors (Lipinski definition) is 0. The van der Waals surface area contributed by atoms with Gasteiger partial charge >= 0.3 is 0 Å². The third kappa shape index (κ3) is 3.27. The predicted molar refractivity (Wildman–Crippen MR) is 113 cm³/mol. The number of anilines is 1. The average Bonchev–Trinajstić information content (AvgIpc) is 3.18. The van der Waals surface area contributed by atoms with Crippen LogP contribution in [0.1, 0.15) is 12.5 Å². The number of nitro groups is 1. The number of hydrogen-bond acceptors (Lipinski definition) is 6. The van der Waals surface area contributed by atoms with Crippen LogP contribution >= 0.6 is 12.2 Å². The molecule has 29 heavy (non-hydrogen) atoms. The highest BCUT2D eigenvalue weighted by atomic mass is 32.1. The topological polar surface area (TPSA) is 78.4 Å². The summed E-state index contributed by atoms with van der Waals surface area (Å²) in [5.41, 5.74) is 2.94. The van der Waals surface area contributed by atoms with Gasteiger partial charge in [0, 0.05) is 30.9 Å². The highest BCUT2D eigenvalue weighted by Crippen LogP contribution is 2.35. The maximum absolute atomic E-state index is 11.1. The second kappa shape index (κ2) is 7.32. The first-order valence-electron chi connectivity index (χ1n) is 9.22. The fourth-order valence-corrected chi connectivity index (χ4v) is 3.98. The number of nitrogens with zero attached hydrogens (tertiary/aromatic N) is 5. The lowest BCUT2D eigenvalue weighted by atomic mass is 10.1. The van der Waals surface area contributed by atoms with Gasteiger partial charge in [0.05, 0.1) is 17.6 Å². The molecular formula is C20H21N5O3S. The van der Waals surface area contributed by atoms with E-state index in [1.807, 2.05) is 41.9 Å². The highest BCUT2D eigenvalue weighted by Gasteiger charge is 2.28. The van der Waals surface area contributed by atoms with Gasteiger partial charge in [0.1, 0.15) is 12.4 Å². The van der Waals surface area contributed by atoms with E-state index in [0.29, 0.717) is 11.4 Å². The molecule has 0 fully saturated rings. The fraction of sp³-hybridized carbons (Fsp3) is 0.300. The zero-order valence-corrected chi connectivity index (χ0v) is 17.2. The zero-order valence-electron chi connectivity index (χ0n) is 16.4. The normalized spacial score (nSPS) is 15.4. The Kier molecular flexibility index (Phi) is 4.83. The Morgan fingerprint density at radius 3 is 2.79 bits per heavy atom. The van der Waals surface area contributed by atoms with Crippen LogP contribution < -0.4 is 9.64 Å². The lowest BCUT2D eigenvalue weighted by Gasteiger charge is -2.24. The van der Waals surface area contributed by atoms with Crippen LogP contribution in [-0.4, -0.2) is 32.4 Å². The van der Waals surface area contributed by atoms with Crippen molar-refractivity contribution >= 4 is 23.6 Å². The predicted octanol–water partition coefficient (Wildman–Crippen LogP) is 3.94. The quantitative estimate of drug-likeness (QED) is 0.359. The van der Waals surface area contributed by atoms with Gasteiger partial charge in [0.15, 0.2) is 10.6 Å². The zero-order chi connectivity index (χ0) is 20.7. The van der Waals surface area contributed by atoms with Gasteiger partial charge in [-0.3, -0.25) is 10.1 Å². The Labute approximate surface area is 173 Å². The van der Waals surface area contributed by atoms with E-state index >= 15 is 0 Å². The van der Waals surface area contributed by atoms with Crippen LogP contribution in [0.5, 0.6) is 5.75 Å². The molecule has 0 saturated carbocycles. The van der Waals surface area contributed by atoms with E-state index in [1.165, 1.54) is 0 Å². The number of aromatic nitrogens is 3. The van der Waals surface area contributed by atoms with Gasteiger partial charge in [0.25, 0.3) is 5.69 Å². The molecule has 0 N–H and O–H groups in total. The monoisotopic (exact) mass is 411 g/mol. The molecule has 1 aromatic heterocycles. The molecule has 3 aromatic rings. The maximum Gasteiger partial charge on any atom is 0.269 e. The second-order valence-corrected chi connectivity index (χ2v) is 7.46. The lowest BCUT2D eigenvalue weighted by Crippen LogP contribution is -2.32. The number of fused-ring (bicyclic) bond motifs is 1. The fourth-order valence-electron chi connectivity index (χ4n) is 3.80. The summed E-state index contributed by atoms with van der Waals surface area (Å²) in [4.78, 5) is 12.9. The van der Waals surface area contributed by atoms with E-state index in [1.54, 1.807) is 23.9 Å². The molecular weight excluding hydrogens is 390 g/mol. The summed E-state index contributed by atoms with van der Waals surface area (Å²) >= 11 is 5.63. The minimum absolute atomic E-state index is 0.116. The number of benzene rings is 2. The van der Waals surface area contributed by atoms with Gasteiger partial charge in [-0.25, -0.2) is 4.68 Å². The third-order valence-corrected chi connectivity index (χ3v) is 5.79. The number of methoxy groups -OCH3 is 1. The number of non-ortho nitro benzene ring substituents is 1. The van der Waals surface area contributed by atoms with Gasteiger partial charge in [0.2, 0.25) is 0 Å². The van der Waals surface area contributed by atoms with Crippen LogP contribution in [-0.2, 0) is 20.1 Å². The van der Waals surface area contributed by atoms with Crippen molar-refractivity contribution in [1.82, 2.24) is 14.3 Å². The van der Waals surface area contributed by atoms with Crippen LogP contribution in [0.4, 0.5) is 11.4 Å². The SMILES string of the molecule is COc1ccccc1-c1nn(CN2c3ccc([N+](=O)[O-])cc3C[C@@H]2C)c(=S)n1C. The molecule has 8 nitrogen and oxygen atoms in total. The molecule has 2 heterocycles. The van der Waals surface area contributed by atoms with Crippen LogP contribution in [0, 0.1) is 14.9 Å². The summed E-state index contributed by atoms with van der Waals surface area (Å²) < 4.78 is 9.71. The number of nitro benzene ring substituents is 1. The molecule has 0 spiro atoms. The molecule has 0 aliphatic carbocycles. The molecule has 1 atom stereocenters. The van der Waals surface area contributed by atoms with Crippen molar-refractivity contribution in [3.05, 3.63) is 62.9 Å². The Balaban J connectivity index is 1.70. The lowest BCUT2D eigenvalue weighted by molar-refractivity contribution is -0.384. The standard InChI is InChI=1S/C20H21N5O3S/c1-13-10-14-11-15(25(26)27)8-9-17(14)23(13)12-24-20(29)22(2)19(21-24)16-6-4-5-7-18(16)28-3/h4-9,11,13H,10,12H2,1-3H3/t13-/m0/s1. The van der Waals surface area contributed by atoms with Crippen molar-refractivity contribution in [3.63, 3.8) is 0 Å². The first-order chi connectivity index (χ1) is 13.9. The number of ether oxygens (including phenoxy) is 1. The van der Waals surface area contributed by atoms with Crippen LogP contribution in [0.25, 0.3) is 11.4 Å². The van der Waals surface area contributed by atoms with Gasteiger partial charge < -0.3 is 14.2 Å². The van der Waals surface area contributed by atoms with E-state index in [4.69, 9.17) is 22.1 Å². The first-order valence-corrected chi connectivity index (χ1v) is 9.62. The average molecular weight is 411 g/mol. The molecule has 0 bridgehead atoms. The molecule has 9 heteroatoms. The molecule has 0 radical (unpaired) electrons. The molecule has 150 valence electrons. The molecule has 0 saturated heterocycles. The maximum atomic E-state index is 11.1. The van der Waals surface area contributed by atoms with Gasteiger partial charge in [-0.15, -0.1) is 5.10 Å². The summed E-state index contributed by atoms with van der Waals surface area (Å²) in [6, 6.07) is 12.9. The molecule has 2 aromatic carbocycles. The summed E-state index contributed by atoms with van der Waals surface area (Å²) in [7, 11) is 3.52. The van der Waals surface area contributed by atoms with Crippen molar-refractivity contribution in [2.45, 2.75) is 26.1 Å². The summed E-state index contributed by atoms with van der Waals surface area (Å²) in [6.07, 6.45) is 0.747. The van der Waals surface area contributed by atoms with E-state index in [9.17, 15) is 10.1 Å². The molecule has 1 aliphatic heterocycles. The summed E-state index contributed by atoms with van der Waals surface area (Å²) in [5, 5.41) is 15.8. The van der Waals surface area contributed by atoms with Gasteiger partial charge in [-0.05, 0) is 49.3 Å². The largest absolute Gasteiger partial charge is 0.496 e. The van der Waals surface area contributed by atoms with E-state index < -0.39 is 0 Å². The first kappa shape index (κ1) is 19.1. The number of para-hydroxylation sites is 1. The second-order valence-electron chi connectivity index (χ2n) is 7.10. The van der Waals surface area contributed by atoms with Crippen LogP contribution in [0.15, 0.2) is 42.5 Å². The Hall–Kier alpha value is -3.20. The number of rotatable bonds is 5.